The van der Waals surface area contributed by atoms with Gasteiger partial charge in [0.15, 0.2) is 6.10 Å². The lowest BCUT2D eigenvalue weighted by molar-refractivity contribution is -0.259. The highest BCUT2D eigenvalue weighted by Gasteiger charge is 2.83. The molecule has 3 fully saturated rings. The average molecular weight is 629 g/mol. The molecule has 4 heterocycles. The first-order chi connectivity index (χ1) is 22.0. The number of aromatic hydroxyl groups is 5. The number of benzene rings is 4. The van der Waals surface area contributed by atoms with Gasteiger partial charge in [-0.05, 0) is 64.7 Å². The van der Waals surface area contributed by atoms with Gasteiger partial charge < -0.3 is 54.7 Å². The third-order valence-electron chi connectivity index (χ3n) is 9.41. The molecular formula is C34H28O12. The van der Waals surface area contributed by atoms with Crippen LogP contribution >= 0.6 is 0 Å². The number of fused-ring (bicyclic) bond motifs is 1. The summed E-state index contributed by atoms with van der Waals surface area (Å²) in [6, 6.07) is 19.0. The molecule has 0 amide bonds. The van der Waals surface area contributed by atoms with Crippen molar-refractivity contribution in [3.63, 3.8) is 0 Å². The van der Waals surface area contributed by atoms with Crippen LogP contribution < -0.4 is 4.74 Å². The Kier molecular flexibility index (Phi) is 6.03. The molecule has 46 heavy (non-hydrogen) atoms. The van der Waals surface area contributed by atoms with Crippen LogP contribution in [0.25, 0.3) is 0 Å². The van der Waals surface area contributed by atoms with Gasteiger partial charge in [0.2, 0.25) is 5.60 Å². The summed E-state index contributed by atoms with van der Waals surface area (Å²) in [6.07, 6.45) is -4.62. The van der Waals surface area contributed by atoms with Crippen LogP contribution in [-0.4, -0.2) is 71.9 Å². The molecule has 236 valence electrons. The van der Waals surface area contributed by atoms with Crippen LogP contribution in [0, 0.1) is 0 Å². The molecule has 4 aliphatic heterocycles. The monoisotopic (exact) mass is 628 g/mol. The average Bonchev–Trinajstić information content (AvgIpc) is 3.68. The summed E-state index contributed by atoms with van der Waals surface area (Å²) < 4.78 is 24.3. The Labute approximate surface area is 260 Å². The maximum Gasteiger partial charge on any atom is 0.345 e. The van der Waals surface area contributed by atoms with E-state index in [0.717, 1.165) is 0 Å². The fourth-order valence-corrected chi connectivity index (χ4v) is 7.53. The number of rotatable bonds is 4. The summed E-state index contributed by atoms with van der Waals surface area (Å²) in [5, 5.41) is 75.3. The molecule has 0 aliphatic carbocycles. The number of aliphatic hydroxyl groups is 2. The number of carbonyl (C=O) groups is 1. The summed E-state index contributed by atoms with van der Waals surface area (Å²) in [7, 11) is 0. The summed E-state index contributed by atoms with van der Waals surface area (Å²) in [6.45, 7) is -0.287. The second kappa shape index (κ2) is 9.74. The smallest absolute Gasteiger partial charge is 0.345 e. The Morgan fingerprint density at radius 3 is 1.89 bits per heavy atom. The van der Waals surface area contributed by atoms with Gasteiger partial charge in [-0.2, -0.15) is 0 Å². The molecule has 4 aromatic rings. The van der Waals surface area contributed by atoms with Crippen LogP contribution in [0.3, 0.4) is 0 Å². The summed E-state index contributed by atoms with van der Waals surface area (Å²) >= 11 is 0. The van der Waals surface area contributed by atoms with Gasteiger partial charge in [0.1, 0.15) is 46.7 Å². The van der Waals surface area contributed by atoms with Gasteiger partial charge in [0.05, 0.1) is 24.5 Å². The maximum absolute atomic E-state index is 13.7. The third-order valence-corrected chi connectivity index (χ3v) is 9.41. The first-order valence-electron chi connectivity index (χ1n) is 14.6. The number of carbonyl (C=O) groups excluding carboxylic acids is 1. The largest absolute Gasteiger partial charge is 0.508 e. The lowest BCUT2D eigenvalue weighted by atomic mass is 9.71. The molecule has 7 N–H and O–H groups in total. The zero-order valence-electron chi connectivity index (χ0n) is 23.8. The SMILES string of the molecule is O=C1O[C@@H]2[C@H](O)COC23O[C@@H](c2ccc(O)cc2)[C@H](c2cc(O)cc4c2[C@@H](c2cc(O)cc(O)c2)[C@H](c2ccc(O)cc2)O4)C13O. The van der Waals surface area contributed by atoms with Crippen molar-refractivity contribution in [2.75, 3.05) is 6.61 Å². The molecule has 3 saturated heterocycles. The van der Waals surface area contributed by atoms with Crippen molar-refractivity contribution in [1.29, 1.82) is 0 Å². The Morgan fingerprint density at radius 1 is 0.674 bits per heavy atom. The van der Waals surface area contributed by atoms with Crippen LogP contribution in [0.1, 0.15) is 51.9 Å². The van der Waals surface area contributed by atoms with Crippen LogP contribution in [0.5, 0.6) is 34.5 Å². The number of aliphatic hydroxyl groups excluding tert-OH is 1. The van der Waals surface area contributed by atoms with E-state index in [0.29, 0.717) is 22.3 Å². The first-order valence-corrected chi connectivity index (χ1v) is 14.6. The van der Waals surface area contributed by atoms with E-state index in [1.807, 2.05) is 0 Å². The normalized spacial score (nSPS) is 32.4. The second-order valence-corrected chi connectivity index (χ2v) is 12.1. The standard InChI is InChI=1S/C34H28O12/c35-18-5-1-15(2-6-18)29-26(17-9-20(37)11-21(38)10-17)27-23(12-22(39)13-25(27)44-29)28-30(16-3-7-19(36)8-4-16)46-34-31(24(40)14-43-34)45-32(41)33(28,34)42/h1-13,24,26,28-31,35-40,42H,14H2/t24-,26-,28+,29+,30+,31-,33?,34?/m1/s1. The number of hydrogen-bond donors (Lipinski definition) is 7. The van der Waals surface area contributed by atoms with Crippen molar-refractivity contribution < 1.29 is 59.5 Å². The first kappa shape index (κ1) is 28.5. The molecule has 1 spiro atoms. The fourth-order valence-electron chi connectivity index (χ4n) is 7.53. The predicted octanol–water partition coefficient (Wildman–Crippen LogP) is 3.08. The van der Waals surface area contributed by atoms with E-state index in [2.05, 4.69) is 0 Å². The lowest BCUT2D eigenvalue weighted by Crippen LogP contribution is -2.57. The summed E-state index contributed by atoms with van der Waals surface area (Å²) in [5.74, 6) is -5.92. The molecule has 2 unspecified atom stereocenters. The quantitative estimate of drug-likeness (QED) is 0.164. The third kappa shape index (κ3) is 3.84. The number of esters is 1. The minimum Gasteiger partial charge on any atom is -0.508 e. The number of ether oxygens (including phenoxy) is 4. The number of hydrogen-bond acceptors (Lipinski definition) is 12. The fraction of sp³-hybridized carbons (Fsp3) is 0.265. The van der Waals surface area contributed by atoms with Crippen LogP contribution in [-0.2, 0) is 19.0 Å². The lowest BCUT2D eigenvalue weighted by Gasteiger charge is -2.32. The van der Waals surface area contributed by atoms with Gasteiger partial charge >= 0.3 is 5.97 Å². The molecule has 8 rings (SSSR count). The molecule has 12 heteroatoms. The number of phenols is 5. The van der Waals surface area contributed by atoms with E-state index in [-0.39, 0.29) is 46.7 Å². The van der Waals surface area contributed by atoms with Crippen molar-refractivity contribution in [2.45, 2.75) is 47.6 Å². The van der Waals surface area contributed by atoms with Gasteiger partial charge in [-0.15, -0.1) is 0 Å². The Bertz CT molecular complexity index is 1850. The van der Waals surface area contributed by atoms with E-state index < -0.39 is 53.6 Å². The van der Waals surface area contributed by atoms with E-state index in [1.165, 1.54) is 54.6 Å². The van der Waals surface area contributed by atoms with E-state index >= 15 is 0 Å². The Morgan fingerprint density at radius 2 is 1.26 bits per heavy atom. The van der Waals surface area contributed by atoms with Crippen molar-refractivity contribution in [3.8, 4) is 34.5 Å². The highest BCUT2D eigenvalue weighted by molar-refractivity contribution is 5.87. The van der Waals surface area contributed by atoms with Crippen molar-refractivity contribution in [2.24, 2.45) is 0 Å². The number of phenolic OH excluding ortho intramolecular Hbond substituents is 5. The second-order valence-electron chi connectivity index (χ2n) is 12.1. The van der Waals surface area contributed by atoms with E-state index in [4.69, 9.17) is 18.9 Å². The molecule has 4 aliphatic rings. The van der Waals surface area contributed by atoms with Crippen molar-refractivity contribution in [3.05, 3.63) is 107 Å². The molecule has 0 aromatic heterocycles. The molecule has 8 atom stereocenters. The zero-order chi connectivity index (χ0) is 32.1. The maximum atomic E-state index is 13.7. The van der Waals surface area contributed by atoms with Gasteiger partial charge in [0, 0.05) is 17.7 Å². The summed E-state index contributed by atoms with van der Waals surface area (Å²) in [5.41, 5.74) is -0.483. The van der Waals surface area contributed by atoms with Gasteiger partial charge in [-0.3, -0.25) is 0 Å². The van der Waals surface area contributed by atoms with Gasteiger partial charge in [-0.25, -0.2) is 4.79 Å². The van der Waals surface area contributed by atoms with Crippen molar-refractivity contribution in [1.82, 2.24) is 0 Å². The van der Waals surface area contributed by atoms with Gasteiger partial charge in [-0.1, -0.05) is 24.3 Å². The van der Waals surface area contributed by atoms with Crippen molar-refractivity contribution >= 4 is 5.97 Å². The highest BCUT2D eigenvalue weighted by Crippen LogP contribution is 2.66. The van der Waals surface area contributed by atoms with E-state index in [9.17, 15) is 40.5 Å². The van der Waals surface area contributed by atoms with E-state index in [1.54, 1.807) is 24.3 Å². The molecule has 4 aromatic carbocycles. The van der Waals surface area contributed by atoms with Crippen LogP contribution in [0.4, 0.5) is 0 Å². The van der Waals surface area contributed by atoms with Crippen LogP contribution in [0.15, 0.2) is 78.9 Å². The molecular weight excluding hydrogens is 600 g/mol. The minimum atomic E-state index is -2.54. The predicted molar refractivity (Wildman–Crippen MR) is 155 cm³/mol. The van der Waals surface area contributed by atoms with Crippen LogP contribution in [0.2, 0.25) is 0 Å². The molecule has 12 nitrogen and oxygen atoms in total. The highest BCUT2D eigenvalue weighted by atomic mass is 16.8. The van der Waals surface area contributed by atoms with Gasteiger partial charge in [0.25, 0.3) is 5.79 Å². The topological polar surface area (TPSA) is 196 Å². The Hall–Kier alpha value is -5.01. The summed E-state index contributed by atoms with van der Waals surface area (Å²) in [4.78, 5) is 13.7. The Balaban J connectivity index is 1.39. The molecule has 0 saturated carbocycles. The minimum absolute atomic E-state index is 0.0181. The molecule has 0 bridgehead atoms. The molecule has 0 radical (unpaired) electrons. The zero-order valence-corrected chi connectivity index (χ0v) is 23.8.